The maximum absolute atomic E-state index is 8.13. The van der Waals surface area contributed by atoms with E-state index in [-0.39, 0.29) is 11.8 Å². The summed E-state index contributed by atoms with van der Waals surface area (Å²) in [4.78, 5) is 14.1. The molecule has 1 fully saturated rings. The number of nitrogens with zero attached hydrogens (tertiary/aromatic N) is 5. The molecule has 2 aliphatic heterocycles. The number of nitrogens with one attached hydrogen (secondary N) is 2. The number of para-hydroxylation sites is 1. The number of ether oxygens (including phenoxy) is 2. The lowest BCUT2D eigenvalue weighted by atomic mass is 10.1. The van der Waals surface area contributed by atoms with E-state index in [0.717, 1.165) is 67.5 Å². The predicted molar refractivity (Wildman–Crippen MR) is 148 cm³/mol. The Kier molecular flexibility index (Phi) is 6.29. The SMILES string of the molecule is CC(=N)OC(=N)c1ncn2c1COc1c(CCN3CCN(c4cccc5nc(C)ccc45)CC3)cccc1-2. The van der Waals surface area contributed by atoms with Gasteiger partial charge < -0.3 is 14.4 Å². The highest BCUT2D eigenvalue weighted by molar-refractivity contribution is 5.98. The molecule has 0 amide bonds. The minimum Gasteiger partial charge on any atom is -0.485 e. The lowest BCUT2D eigenvalue weighted by Gasteiger charge is -2.36. The summed E-state index contributed by atoms with van der Waals surface area (Å²) in [5.41, 5.74) is 6.63. The third kappa shape index (κ3) is 4.50. The van der Waals surface area contributed by atoms with Crippen molar-refractivity contribution in [1.29, 1.82) is 10.8 Å². The fraction of sp³-hybridized carbons (Fsp3) is 0.310. The minimum atomic E-state index is -0.136. The summed E-state index contributed by atoms with van der Waals surface area (Å²) in [6.45, 7) is 8.79. The van der Waals surface area contributed by atoms with Crippen molar-refractivity contribution in [3.63, 3.8) is 0 Å². The number of aromatic nitrogens is 3. The zero-order valence-corrected chi connectivity index (χ0v) is 21.7. The lowest BCUT2D eigenvalue weighted by molar-refractivity contribution is 0.255. The quantitative estimate of drug-likeness (QED) is 0.307. The average molecular weight is 510 g/mol. The smallest absolute Gasteiger partial charge is 0.241 e. The summed E-state index contributed by atoms with van der Waals surface area (Å²) >= 11 is 0. The van der Waals surface area contributed by atoms with Gasteiger partial charge in [-0.05, 0) is 49.2 Å². The maximum Gasteiger partial charge on any atom is 0.241 e. The number of aryl methyl sites for hydroxylation is 1. The molecule has 9 heteroatoms. The zero-order chi connectivity index (χ0) is 26.2. The van der Waals surface area contributed by atoms with Crippen molar-refractivity contribution >= 4 is 28.4 Å². The number of hydrogen-bond acceptors (Lipinski definition) is 8. The fourth-order valence-electron chi connectivity index (χ4n) is 5.38. The summed E-state index contributed by atoms with van der Waals surface area (Å²) in [7, 11) is 0. The first-order valence-corrected chi connectivity index (χ1v) is 12.9. The van der Waals surface area contributed by atoms with Crippen molar-refractivity contribution in [2.24, 2.45) is 0 Å². The molecule has 6 rings (SSSR count). The molecule has 0 radical (unpaired) electrons. The van der Waals surface area contributed by atoms with E-state index in [1.807, 2.05) is 23.6 Å². The molecule has 0 bridgehead atoms. The number of rotatable bonds is 5. The number of benzene rings is 2. The number of fused-ring (bicyclic) bond motifs is 4. The lowest BCUT2D eigenvalue weighted by Crippen LogP contribution is -2.47. The van der Waals surface area contributed by atoms with Crippen LogP contribution in [0.4, 0.5) is 5.69 Å². The molecule has 0 spiro atoms. The fourth-order valence-corrected chi connectivity index (χ4v) is 5.38. The Morgan fingerprint density at radius 3 is 2.61 bits per heavy atom. The Balaban J connectivity index is 1.12. The van der Waals surface area contributed by atoms with Crippen molar-refractivity contribution < 1.29 is 9.47 Å². The third-order valence-electron chi connectivity index (χ3n) is 7.28. The Bertz CT molecular complexity index is 1540. The maximum atomic E-state index is 8.13. The van der Waals surface area contributed by atoms with Crippen LogP contribution in [-0.2, 0) is 17.8 Å². The molecule has 2 N–H and O–H groups in total. The molecule has 4 heterocycles. The van der Waals surface area contributed by atoms with E-state index in [2.05, 4.69) is 51.2 Å². The van der Waals surface area contributed by atoms with Crippen molar-refractivity contribution in [2.75, 3.05) is 37.6 Å². The Morgan fingerprint density at radius 1 is 1.00 bits per heavy atom. The monoisotopic (exact) mass is 509 g/mol. The van der Waals surface area contributed by atoms with Crippen molar-refractivity contribution in [3.05, 3.63) is 77.5 Å². The van der Waals surface area contributed by atoms with Crippen LogP contribution in [0.15, 0.2) is 54.9 Å². The second-order valence-corrected chi connectivity index (χ2v) is 9.83. The molecule has 9 nitrogen and oxygen atoms in total. The van der Waals surface area contributed by atoms with Crippen molar-refractivity contribution in [2.45, 2.75) is 26.9 Å². The van der Waals surface area contributed by atoms with Crippen LogP contribution in [0.1, 0.15) is 29.6 Å². The van der Waals surface area contributed by atoms with Gasteiger partial charge in [0.1, 0.15) is 24.4 Å². The van der Waals surface area contributed by atoms with E-state index >= 15 is 0 Å². The first-order chi connectivity index (χ1) is 18.5. The Labute approximate surface area is 221 Å². The van der Waals surface area contributed by atoms with Crippen LogP contribution in [0, 0.1) is 17.7 Å². The van der Waals surface area contributed by atoms with Crippen LogP contribution >= 0.6 is 0 Å². The van der Waals surface area contributed by atoms with Gasteiger partial charge in [-0.3, -0.25) is 25.3 Å². The summed E-state index contributed by atoms with van der Waals surface area (Å²) in [5.74, 6) is 0.696. The van der Waals surface area contributed by atoms with Crippen LogP contribution in [0.3, 0.4) is 0 Å². The summed E-state index contributed by atoms with van der Waals surface area (Å²) in [6, 6.07) is 16.9. The van der Waals surface area contributed by atoms with Crippen molar-refractivity contribution in [1.82, 2.24) is 19.4 Å². The van der Waals surface area contributed by atoms with Crippen LogP contribution in [0.2, 0.25) is 0 Å². The topological polar surface area (TPSA) is 103 Å². The van der Waals surface area contributed by atoms with Crippen LogP contribution < -0.4 is 9.64 Å². The van der Waals surface area contributed by atoms with Gasteiger partial charge in [0.05, 0.1) is 16.9 Å². The second kappa shape index (κ2) is 9.90. The van der Waals surface area contributed by atoms with E-state index in [4.69, 9.17) is 25.3 Å². The van der Waals surface area contributed by atoms with Gasteiger partial charge >= 0.3 is 0 Å². The van der Waals surface area contributed by atoms with Crippen LogP contribution in [-0.4, -0.2) is 64.0 Å². The van der Waals surface area contributed by atoms with E-state index < -0.39 is 0 Å². The van der Waals surface area contributed by atoms with Gasteiger partial charge in [0.2, 0.25) is 5.90 Å². The highest BCUT2D eigenvalue weighted by Gasteiger charge is 2.26. The van der Waals surface area contributed by atoms with Gasteiger partial charge in [0.15, 0.2) is 5.90 Å². The molecule has 1 saturated heterocycles. The van der Waals surface area contributed by atoms with Gasteiger partial charge in [-0.1, -0.05) is 18.2 Å². The number of anilines is 1. The highest BCUT2D eigenvalue weighted by Crippen LogP contribution is 2.35. The highest BCUT2D eigenvalue weighted by atomic mass is 16.5. The molecule has 0 saturated carbocycles. The summed E-state index contributed by atoms with van der Waals surface area (Å²) < 4.78 is 13.3. The number of pyridine rings is 1. The second-order valence-electron chi connectivity index (χ2n) is 9.83. The zero-order valence-electron chi connectivity index (χ0n) is 21.7. The van der Waals surface area contributed by atoms with Gasteiger partial charge in [0, 0.05) is 56.4 Å². The molecule has 0 aliphatic carbocycles. The number of piperazine rings is 1. The average Bonchev–Trinajstić information content (AvgIpc) is 3.36. The predicted octanol–water partition coefficient (Wildman–Crippen LogP) is 4.33. The van der Waals surface area contributed by atoms with E-state index in [9.17, 15) is 0 Å². The molecule has 2 aliphatic rings. The van der Waals surface area contributed by atoms with E-state index in [0.29, 0.717) is 12.3 Å². The Morgan fingerprint density at radius 2 is 1.79 bits per heavy atom. The van der Waals surface area contributed by atoms with Gasteiger partial charge in [0.25, 0.3) is 0 Å². The molecule has 0 unspecified atom stereocenters. The summed E-state index contributed by atoms with van der Waals surface area (Å²) in [5, 5.41) is 16.9. The normalized spacial score (nSPS) is 15.1. The largest absolute Gasteiger partial charge is 0.485 e. The van der Waals surface area contributed by atoms with Crippen LogP contribution in [0.25, 0.3) is 16.6 Å². The first-order valence-electron chi connectivity index (χ1n) is 12.9. The number of hydrogen-bond donors (Lipinski definition) is 2. The molecule has 194 valence electrons. The van der Waals surface area contributed by atoms with Crippen LogP contribution in [0.5, 0.6) is 5.75 Å². The van der Waals surface area contributed by atoms with Gasteiger partial charge in [-0.15, -0.1) is 0 Å². The first kappa shape index (κ1) is 24.1. The molecule has 38 heavy (non-hydrogen) atoms. The van der Waals surface area contributed by atoms with E-state index in [1.165, 1.54) is 23.6 Å². The summed E-state index contributed by atoms with van der Waals surface area (Å²) in [6.07, 6.45) is 2.60. The standard InChI is InChI=1S/C29H31N7O2/c1-19-9-10-22-23(33-19)6-4-7-24(22)35-15-13-34(14-16-35)12-11-21-5-3-8-25-28(21)37-17-26-27(32-18-36(25)26)29(31)38-20(2)30/h3-10,18,30-31H,11-17H2,1-2H3. The molecule has 4 aromatic rings. The number of imidazole rings is 1. The van der Waals surface area contributed by atoms with Crippen molar-refractivity contribution in [3.8, 4) is 11.4 Å². The van der Waals surface area contributed by atoms with Gasteiger partial charge in [-0.25, -0.2) is 4.98 Å². The van der Waals surface area contributed by atoms with Gasteiger partial charge in [-0.2, -0.15) is 0 Å². The molecule has 2 aromatic heterocycles. The van der Waals surface area contributed by atoms with E-state index in [1.54, 1.807) is 6.33 Å². The molecular weight excluding hydrogens is 478 g/mol. The minimum absolute atomic E-state index is 0.0405. The molecule has 0 atom stereocenters. The molecule has 2 aromatic carbocycles. The Hall–Kier alpha value is -4.24. The third-order valence-corrected chi connectivity index (χ3v) is 7.28. The molecular formula is C29H31N7O2.